The van der Waals surface area contributed by atoms with Gasteiger partial charge in [0.2, 0.25) is 5.43 Å². The van der Waals surface area contributed by atoms with Gasteiger partial charge < -0.3 is 9.72 Å². The second kappa shape index (κ2) is 8.11. The maximum Gasteiger partial charge on any atom is 0.263 e. The monoisotopic (exact) mass is 434 g/mol. The molecule has 0 atom stereocenters. The van der Waals surface area contributed by atoms with Crippen LogP contribution in [0.3, 0.4) is 0 Å². The second-order valence-electron chi connectivity index (χ2n) is 7.61. The highest BCUT2D eigenvalue weighted by Crippen LogP contribution is 2.35. The van der Waals surface area contributed by atoms with E-state index in [0.717, 1.165) is 36.1 Å². The molecule has 1 aliphatic rings. The quantitative estimate of drug-likeness (QED) is 0.501. The van der Waals surface area contributed by atoms with Gasteiger partial charge in [0.25, 0.3) is 5.56 Å². The third-order valence-electron chi connectivity index (χ3n) is 5.45. The van der Waals surface area contributed by atoms with Crippen molar-refractivity contribution in [2.24, 2.45) is 0 Å². The van der Waals surface area contributed by atoms with E-state index in [1.54, 1.807) is 28.3 Å². The Hall–Kier alpha value is -3.26. The molecular weight excluding hydrogens is 412 g/mol. The molecule has 0 aromatic carbocycles. The molecule has 0 spiro atoms. The van der Waals surface area contributed by atoms with E-state index in [1.807, 2.05) is 25.1 Å². The van der Waals surface area contributed by atoms with Gasteiger partial charge in [-0.15, -0.1) is 11.3 Å². The first-order valence-corrected chi connectivity index (χ1v) is 11.3. The predicted octanol–water partition coefficient (Wildman–Crippen LogP) is 3.53. The van der Waals surface area contributed by atoms with Crippen molar-refractivity contribution in [3.8, 4) is 17.3 Å². The van der Waals surface area contributed by atoms with E-state index in [-0.39, 0.29) is 23.3 Å². The number of H-pyrrole nitrogens is 1. The molecule has 0 fully saturated rings. The summed E-state index contributed by atoms with van der Waals surface area (Å²) < 4.78 is 7.09. The fourth-order valence-electron chi connectivity index (χ4n) is 4.00. The zero-order valence-electron chi connectivity index (χ0n) is 17.2. The molecule has 5 rings (SSSR count). The molecule has 4 aromatic rings. The van der Waals surface area contributed by atoms with Crippen LogP contribution < -0.4 is 15.7 Å². The van der Waals surface area contributed by atoms with Gasteiger partial charge in [-0.25, -0.2) is 4.98 Å². The van der Waals surface area contributed by atoms with Gasteiger partial charge in [0.15, 0.2) is 11.6 Å². The Labute approximate surface area is 182 Å². The minimum absolute atomic E-state index is 0.0859. The van der Waals surface area contributed by atoms with Crippen molar-refractivity contribution in [1.29, 1.82) is 0 Å². The number of ether oxygens (including phenoxy) is 1. The molecule has 0 bridgehead atoms. The number of pyridine rings is 2. The highest BCUT2D eigenvalue weighted by atomic mass is 32.1. The fraction of sp³-hybridized carbons (Fsp3) is 0.304. The molecule has 0 radical (unpaired) electrons. The van der Waals surface area contributed by atoms with Crippen molar-refractivity contribution in [3.63, 3.8) is 0 Å². The molecule has 31 heavy (non-hydrogen) atoms. The molecule has 7 nitrogen and oxygen atoms in total. The maximum atomic E-state index is 13.6. The van der Waals surface area contributed by atoms with Crippen LogP contribution in [0, 0.1) is 0 Å². The first-order valence-electron chi connectivity index (χ1n) is 10.5. The summed E-state index contributed by atoms with van der Waals surface area (Å²) >= 11 is 1.61. The highest BCUT2D eigenvalue weighted by molar-refractivity contribution is 7.18. The lowest BCUT2D eigenvalue weighted by molar-refractivity contribution is 0.313. The van der Waals surface area contributed by atoms with Gasteiger partial charge in [0.1, 0.15) is 10.5 Å². The van der Waals surface area contributed by atoms with Crippen LogP contribution in [0.5, 0.6) is 5.75 Å². The maximum absolute atomic E-state index is 13.6. The van der Waals surface area contributed by atoms with Crippen LogP contribution in [0.15, 0.2) is 46.2 Å². The summed E-state index contributed by atoms with van der Waals surface area (Å²) in [5, 5.41) is 0.711. The van der Waals surface area contributed by atoms with Crippen molar-refractivity contribution < 1.29 is 4.74 Å². The Morgan fingerprint density at radius 2 is 2.16 bits per heavy atom. The Morgan fingerprint density at radius 3 is 2.94 bits per heavy atom. The van der Waals surface area contributed by atoms with Crippen molar-refractivity contribution in [1.82, 2.24) is 19.5 Å². The first kappa shape index (κ1) is 19.7. The molecule has 0 aliphatic heterocycles. The van der Waals surface area contributed by atoms with Crippen LogP contribution in [-0.2, 0) is 19.4 Å². The standard InChI is InChI=1S/C23H22N4O3S/c1-2-10-30-18-12-25-14(11-17(18)28)13-27-21(16-7-3-4-9-24-16)26-22-20(23(27)29)15-6-5-8-19(15)31-22/h3-4,7,9,11-12H,2,5-6,8,10,13H2,1H3,(H,25,28). The topological polar surface area (TPSA) is 89.9 Å². The number of hydrogen-bond acceptors (Lipinski definition) is 6. The minimum atomic E-state index is -0.208. The van der Waals surface area contributed by atoms with E-state index in [0.29, 0.717) is 29.2 Å². The Kier molecular flexibility index (Phi) is 5.15. The number of nitrogens with one attached hydrogen (secondary N) is 1. The molecule has 0 amide bonds. The van der Waals surface area contributed by atoms with Crippen molar-refractivity contribution in [2.45, 2.75) is 39.2 Å². The van der Waals surface area contributed by atoms with Crippen molar-refractivity contribution in [2.75, 3.05) is 6.61 Å². The summed E-state index contributed by atoms with van der Waals surface area (Å²) in [6.45, 7) is 2.66. The van der Waals surface area contributed by atoms with Gasteiger partial charge >= 0.3 is 0 Å². The van der Waals surface area contributed by atoms with Crippen LogP contribution in [0.2, 0.25) is 0 Å². The molecule has 1 aliphatic carbocycles. The van der Waals surface area contributed by atoms with Crippen LogP contribution in [0.1, 0.15) is 35.9 Å². The van der Waals surface area contributed by atoms with Crippen molar-refractivity contribution in [3.05, 3.63) is 73.4 Å². The molecule has 0 saturated carbocycles. The number of aryl methyl sites for hydroxylation is 2. The van der Waals surface area contributed by atoms with E-state index >= 15 is 0 Å². The predicted molar refractivity (Wildman–Crippen MR) is 121 cm³/mol. The molecule has 4 heterocycles. The Morgan fingerprint density at radius 1 is 1.26 bits per heavy atom. The fourth-order valence-corrected chi connectivity index (χ4v) is 5.25. The number of fused-ring (bicyclic) bond motifs is 3. The number of rotatable bonds is 6. The third kappa shape index (κ3) is 3.57. The lowest BCUT2D eigenvalue weighted by atomic mass is 10.2. The summed E-state index contributed by atoms with van der Waals surface area (Å²) in [5.74, 6) is 0.789. The van der Waals surface area contributed by atoms with Gasteiger partial charge in [-0.2, -0.15) is 0 Å². The summed E-state index contributed by atoms with van der Waals surface area (Å²) in [6, 6.07) is 7.04. The molecule has 0 saturated heterocycles. The van der Waals surface area contributed by atoms with Gasteiger partial charge in [0, 0.05) is 29.0 Å². The third-order valence-corrected chi connectivity index (χ3v) is 6.63. The normalized spacial score (nSPS) is 12.9. The second-order valence-corrected chi connectivity index (χ2v) is 8.70. The summed E-state index contributed by atoms with van der Waals surface area (Å²) in [4.78, 5) is 40.5. The smallest absolute Gasteiger partial charge is 0.263 e. The SMILES string of the molecule is CCCOc1c[nH]c(Cn2c(-c3ccccn3)nc3sc4c(c3c2=O)CCC4)cc1=O. The summed E-state index contributed by atoms with van der Waals surface area (Å²) in [7, 11) is 0. The summed E-state index contributed by atoms with van der Waals surface area (Å²) in [5.41, 5.74) is 2.08. The molecule has 4 aromatic heterocycles. The van der Waals surface area contributed by atoms with Crippen LogP contribution >= 0.6 is 11.3 Å². The first-order chi connectivity index (χ1) is 15.2. The lowest BCUT2D eigenvalue weighted by Gasteiger charge is -2.13. The number of aromatic amines is 1. The summed E-state index contributed by atoms with van der Waals surface area (Å²) in [6.07, 6.45) is 7.06. The number of hydrogen-bond donors (Lipinski definition) is 1. The number of aromatic nitrogens is 4. The van der Waals surface area contributed by atoms with Crippen LogP contribution in [0.25, 0.3) is 21.7 Å². The zero-order valence-corrected chi connectivity index (χ0v) is 18.0. The lowest BCUT2D eigenvalue weighted by Crippen LogP contribution is -2.25. The average Bonchev–Trinajstić information content (AvgIpc) is 3.36. The van der Waals surface area contributed by atoms with E-state index in [1.165, 1.54) is 10.9 Å². The minimum Gasteiger partial charge on any atom is -0.488 e. The molecule has 0 unspecified atom stereocenters. The Balaban J connectivity index is 1.65. The Bertz CT molecular complexity index is 1370. The van der Waals surface area contributed by atoms with E-state index < -0.39 is 0 Å². The highest BCUT2D eigenvalue weighted by Gasteiger charge is 2.24. The van der Waals surface area contributed by atoms with Crippen molar-refractivity contribution >= 4 is 21.6 Å². The molecule has 158 valence electrons. The molecular formula is C23H22N4O3S. The van der Waals surface area contributed by atoms with Gasteiger partial charge in [-0.1, -0.05) is 13.0 Å². The zero-order chi connectivity index (χ0) is 21.4. The van der Waals surface area contributed by atoms with Gasteiger partial charge in [-0.3, -0.25) is 19.1 Å². The molecule has 1 N–H and O–H groups in total. The largest absolute Gasteiger partial charge is 0.488 e. The number of nitrogens with zero attached hydrogens (tertiary/aromatic N) is 3. The van der Waals surface area contributed by atoms with Gasteiger partial charge in [0.05, 0.1) is 18.5 Å². The van der Waals surface area contributed by atoms with Crippen LogP contribution in [0.4, 0.5) is 0 Å². The average molecular weight is 435 g/mol. The van der Waals surface area contributed by atoms with Crippen LogP contribution in [-0.4, -0.2) is 26.1 Å². The van der Waals surface area contributed by atoms with E-state index in [2.05, 4.69) is 9.97 Å². The molecule has 8 heteroatoms. The van der Waals surface area contributed by atoms with Gasteiger partial charge in [-0.05, 0) is 43.4 Å². The number of thiophene rings is 1. The van der Waals surface area contributed by atoms with E-state index in [9.17, 15) is 9.59 Å². The van der Waals surface area contributed by atoms with E-state index in [4.69, 9.17) is 9.72 Å².